The normalized spacial score (nSPS) is 10.6. The maximum absolute atomic E-state index is 11.2. The second-order valence-corrected chi connectivity index (χ2v) is 2.41. The van der Waals surface area contributed by atoms with Gasteiger partial charge in [-0.25, -0.2) is 4.98 Å². The molecule has 2 aromatic rings. The van der Waals surface area contributed by atoms with Gasteiger partial charge in [-0.15, -0.1) is 0 Å². The Morgan fingerprint density at radius 2 is 2.45 bits per heavy atom. The van der Waals surface area contributed by atoms with E-state index in [4.69, 9.17) is 0 Å². The Hall–Kier alpha value is -1.58. The van der Waals surface area contributed by atoms with Crippen LogP contribution in [0.3, 0.4) is 0 Å². The molecule has 0 spiro atoms. The van der Waals surface area contributed by atoms with Gasteiger partial charge in [-0.1, -0.05) is 0 Å². The van der Waals surface area contributed by atoms with Gasteiger partial charge in [0, 0.05) is 24.2 Å². The van der Waals surface area contributed by atoms with Crippen LogP contribution in [0.4, 0.5) is 0 Å². The van der Waals surface area contributed by atoms with Gasteiger partial charge in [0.15, 0.2) is 0 Å². The van der Waals surface area contributed by atoms with E-state index in [9.17, 15) is 4.79 Å². The molecule has 0 aromatic carbocycles. The lowest BCUT2D eigenvalue weighted by atomic mass is 10.4. The van der Waals surface area contributed by atoms with Gasteiger partial charge in [0.2, 0.25) is 5.78 Å². The standard InChI is InChI=1S/C7H7N3O/c1-5-4-6(11)10-3-2-8-7(10)9-5/h2-4H,1H3,(H,8,9). The second kappa shape index (κ2) is 1.95. The predicted molar refractivity (Wildman–Crippen MR) is 40.5 cm³/mol. The number of nitrogens with zero attached hydrogens (tertiary/aromatic N) is 2. The van der Waals surface area contributed by atoms with Gasteiger partial charge in [-0.2, -0.15) is 0 Å². The number of aromatic nitrogens is 3. The maximum Gasteiger partial charge on any atom is 0.259 e. The van der Waals surface area contributed by atoms with Crippen molar-refractivity contribution in [2.45, 2.75) is 6.92 Å². The minimum Gasteiger partial charge on any atom is -0.329 e. The number of aryl methyl sites for hydroxylation is 1. The van der Waals surface area contributed by atoms with Gasteiger partial charge >= 0.3 is 0 Å². The van der Waals surface area contributed by atoms with Gasteiger partial charge in [0.25, 0.3) is 5.56 Å². The Kier molecular flexibility index (Phi) is 1.09. The van der Waals surface area contributed by atoms with E-state index in [1.54, 1.807) is 12.4 Å². The van der Waals surface area contributed by atoms with E-state index in [0.29, 0.717) is 5.78 Å². The van der Waals surface area contributed by atoms with Crippen molar-refractivity contribution in [3.8, 4) is 0 Å². The Labute approximate surface area is 62.5 Å². The van der Waals surface area contributed by atoms with E-state index in [1.165, 1.54) is 10.5 Å². The molecule has 4 heteroatoms. The van der Waals surface area contributed by atoms with Crippen LogP contribution >= 0.6 is 0 Å². The third kappa shape index (κ3) is 0.832. The van der Waals surface area contributed by atoms with Crippen molar-refractivity contribution in [1.82, 2.24) is 14.4 Å². The Balaban J connectivity index is 3.02. The highest BCUT2D eigenvalue weighted by atomic mass is 16.1. The summed E-state index contributed by atoms with van der Waals surface area (Å²) in [6, 6.07) is 1.54. The van der Waals surface area contributed by atoms with Crippen LogP contribution < -0.4 is 5.56 Å². The summed E-state index contributed by atoms with van der Waals surface area (Å²) < 4.78 is 1.47. The molecule has 0 aliphatic carbocycles. The van der Waals surface area contributed by atoms with E-state index in [0.717, 1.165) is 5.69 Å². The zero-order valence-corrected chi connectivity index (χ0v) is 6.03. The quantitative estimate of drug-likeness (QED) is 0.586. The number of rotatable bonds is 0. The number of H-pyrrole nitrogens is 1. The number of hydrogen-bond donors (Lipinski definition) is 1. The molecule has 0 saturated carbocycles. The molecule has 0 aliphatic rings. The molecule has 0 fully saturated rings. The molecule has 4 nitrogen and oxygen atoms in total. The molecule has 11 heavy (non-hydrogen) atoms. The molecule has 0 atom stereocenters. The third-order valence-corrected chi connectivity index (χ3v) is 1.53. The van der Waals surface area contributed by atoms with Gasteiger partial charge in [-0.3, -0.25) is 9.20 Å². The fourth-order valence-electron chi connectivity index (χ4n) is 1.04. The Bertz CT molecular complexity index is 440. The molecule has 0 amide bonds. The monoisotopic (exact) mass is 149 g/mol. The highest BCUT2D eigenvalue weighted by molar-refractivity contribution is 5.28. The minimum atomic E-state index is -0.0475. The van der Waals surface area contributed by atoms with E-state index >= 15 is 0 Å². The molecule has 0 unspecified atom stereocenters. The first kappa shape index (κ1) is 6.15. The van der Waals surface area contributed by atoms with Crippen LogP contribution in [0.2, 0.25) is 0 Å². The molecule has 2 aromatic heterocycles. The van der Waals surface area contributed by atoms with Crippen LogP contribution in [0.5, 0.6) is 0 Å². The molecule has 0 radical (unpaired) electrons. The number of fused-ring (bicyclic) bond motifs is 1. The first-order valence-corrected chi connectivity index (χ1v) is 3.30. The molecule has 0 saturated heterocycles. The summed E-state index contributed by atoms with van der Waals surface area (Å²) in [5.41, 5.74) is 0.780. The molecule has 2 heterocycles. The second-order valence-electron chi connectivity index (χ2n) is 2.41. The third-order valence-electron chi connectivity index (χ3n) is 1.53. The van der Waals surface area contributed by atoms with Crippen LogP contribution in [0.15, 0.2) is 23.3 Å². The van der Waals surface area contributed by atoms with Gasteiger partial charge in [0.05, 0.1) is 0 Å². The molecule has 1 N–H and O–H groups in total. The number of hydrogen-bond acceptors (Lipinski definition) is 2. The topological polar surface area (TPSA) is 50.2 Å². The van der Waals surface area contributed by atoms with Crippen molar-refractivity contribution in [1.29, 1.82) is 0 Å². The van der Waals surface area contributed by atoms with Crippen LogP contribution in [-0.4, -0.2) is 14.4 Å². The maximum atomic E-state index is 11.2. The first-order valence-electron chi connectivity index (χ1n) is 3.30. The largest absolute Gasteiger partial charge is 0.329 e. The average molecular weight is 149 g/mol. The minimum absolute atomic E-state index is 0.0475. The van der Waals surface area contributed by atoms with Crippen molar-refractivity contribution in [2.24, 2.45) is 0 Å². The average Bonchev–Trinajstić information content (AvgIpc) is 2.34. The van der Waals surface area contributed by atoms with Crippen molar-refractivity contribution in [2.75, 3.05) is 0 Å². The molecular formula is C7H7N3O. The van der Waals surface area contributed by atoms with E-state index in [-0.39, 0.29) is 5.56 Å². The number of nitrogens with one attached hydrogen (secondary N) is 1. The molecular weight excluding hydrogens is 142 g/mol. The van der Waals surface area contributed by atoms with Crippen LogP contribution in [-0.2, 0) is 0 Å². The Morgan fingerprint density at radius 3 is 3.27 bits per heavy atom. The molecule has 2 rings (SSSR count). The number of imidazole rings is 1. The van der Waals surface area contributed by atoms with Crippen LogP contribution in [0, 0.1) is 6.92 Å². The van der Waals surface area contributed by atoms with Gasteiger partial charge < -0.3 is 4.98 Å². The Morgan fingerprint density at radius 1 is 1.64 bits per heavy atom. The summed E-state index contributed by atoms with van der Waals surface area (Å²) in [7, 11) is 0. The summed E-state index contributed by atoms with van der Waals surface area (Å²) >= 11 is 0. The number of aromatic amines is 1. The predicted octanol–water partition coefficient (Wildman–Crippen LogP) is 0.331. The van der Waals surface area contributed by atoms with Crippen molar-refractivity contribution in [3.63, 3.8) is 0 Å². The van der Waals surface area contributed by atoms with E-state index in [1.807, 2.05) is 6.92 Å². The highest BCUT2D eigenvalue weighted by Gasteiger charge is 1.96. The van der Waals surface area contributed by atoms with Crippen molar-refractivity contribution in [3.05, 3.63) is 34.5 Å². The van der Waals surface area contributed by atoms with E-state index < -0.39 is 0 Å². The van der Waals surface area contributed by atoms with E-state index in [2.05, 4.69) is 9.97 Å². The first-order chi connectivity index (χ1) is 5.27. The SMILES string of the molecule is Cc1cc(=O)n2ccnc2[nH]1. The summed E-state index contributed by atoms with van der Waals surface area (Å²) in [5, 5.41) is 0. The fourth-order valence-corrected chi connectivity index (χ4v) is 1.04. The van der Waals surface area contributed by atoms with Crippen LogP contribution in [0.25, 0.3) is 5.78 Å². The van der Waals surface area contributed by atoms with Crippen LogP contribution in [0.1, 0.15) is 5.69 Å². The van der Waals surface area contributed by atoms with Crippen molar-refractivity contribution >= 4 is 5.78 Å². The van der Waals surface area contributed by atoms with Crippen molar-refractivity contribution < 1.29 is 0 Å². The molecule has 0 aliphatic heterocycles. The lowest BCUT2D eigenvalue weighted by Gasteiger charge is -1.93. The lowest BCUT2D eigenvalue weighted by Crippen LogP contribution is -2.12. The summed E-state index contributed by atoms with van der Waals surface area (Å²) in [4.78, 5) is 18.1. The summed E-state index contributed by atoms with van der Waals surface area (Å²) in [6.07, 6.45) is 3.22. The fraction of sp³-hybridized carbons (Fsp3) is 0.143. The molecule has 0 bridgehead atoms. The lowest BCUT2D eigenvalue weighted by molar-refractivity contribution is 1.02. The zero-order chi connectivity index (χ0) is 7.84. The van der Waals surface area contributed by atoms with Gasteiger partial charge in [-0.05, 0) is 6.92 Å². The zero-order valence-electron chi connectivity index (χ0n) is 6.03. The highest BCUT2D eigenvalue weighted by Crippen LogP contribution is 1.92. The molecule has 56 valence electrons. The summed E-state index contributed by atoms with van der Waals surface area (Å²) in [5.74, 6) is 0.593. The smallest absolute Gasteiger partial charge is 0.259 e. The van der Waals surface area contributed by atoms with Gasteiger partial charge in [0.1, 0.15) is 0 Å². The summed E-state index contributed by atoms with van der Waals surface area (Å²) in [6.45, 7) is 1.83.